The van der Waals surface area contributed by atoms with E-state index in [9.17, 15) is 0 Å². The third-order valence-electron chi connectivity index (χ3n) is 7.65. The summed E-state index contributed by atoms with van der Waals surface area (Å²) in [6.07, 6.45) is 25.5. The number of rotatable bonds is 12. The lowest BCUT2D eigenvalue weighted by Gasteiger charge is -2.43. The average molecular weight is 381 g/mol. The van der Waals surface area contributed by atoms with E-state index >= 15 is 0 Å². The van der Waals surface area contributed by atoms with Gasteiger partial charge in [0.2, 0.25) is 0 Å². The fourth-order valence-electron chi connectivity index (χ4n) is 5.92. The fraction of sp³-hybridized carbons (Fsp3) is 1.00. The minimum Gasteiger partial charge on any atom is -0.155 e. The molecule has 0 aromatic carbocycles. The molecule has 0 unspecified atom stereocenters. The van der Waals surface area contributed by atoms with E-state index < -0.39 is 0 Å². The van der Waals surface area contributed by atoms with Gasteiger partial charge in [-0.1, -0.05) is 85.0 Å². The maximum atomic E-state index is 2.38. The largest absolute Gasteiger partial charge is 0.155 e. The molecule has 0 spiro atoms. The first-order chi connectivity index (χ1) is 12.7. The van der Waals surface area contributed by atoms with Crippen LogP contribution >= 0.6 is 11.8 Å². The molecule has 0 amide bonds. The Hall–Kier alpha value is 0.350. The van der Waals surface area contributed by atoms with Gasteiger partial charge in [0.25, 0.3) is 0 Å². The lowest BCUT2D eigenvalue weighted by molar-refractivity contribution is 0.148. The molecule has 1 heteroatoms. The van der Waals surface area contributed by atoms with Crippen LogP contribution in [-0.4, -0.2) is 10.5 Å². The smallest absolute Gasteiger partial charge is 0.0160 e. The maximum Gasteiger partial charge on any atom is 0.0160 e. The minimum atomic E-state index is 0.663. The van der Waals surface area contributed by atoms with Crippen LogP contribution in [0.3, 0.4) is 0 Å². The van der Waals surface area contributed by atoms with Gasteiger partial charge >= 0.3 is 0 Å². The molecule has 26 heavy (non-hydrogen) atoms. The van der Waals surface area contributed by atoms with E-state index in [0.29, 0.717) is 4.75 Å². The lowest BCUT2D eigenvalue weighted by atomic mass is 9.68. The lowest BCUT2D eigenvalue weighted by Crippen LogP contribution is -2.34. The van der Waals surface area contributed by atoms with Crippen molar-refractivity contribution in [1.82, 2.24) is 0 Å². The first-order valence-corrected chi connectivity index (χ1v) is 13.4. The Bertz CT molecular complexity index is 334. The van der Waals surface area contributed by atoms with Gasteiger partial charge in [-0.2, -0.15) is 11.8 Å². The van der Waals surface area contributed by atoms with Crippen LogP contribution in [0.4, 0.5) is 0 Å². The molecule has 0 aliphatic heterocycles. The second-order valence-electron chi connectivity index (χ2n) is 9.54. The van der Waals surface area contributed by atoms with Gasteiger partial charge in [0.1, 0.15) is 0 Å². The zero-order valence-electron chi connectivity index (χ0n) is 18.4. The molecule has 0 nitrogen and oxygen atoms in total. The van der Waals surface area contributed by atoms with Gasteiger partial charge < -0.3 is 0 Å². The molecule has 2 rings (SSSR count). The zero-order valence-corrected chi connectivity index (χ0v) is 19.2. The summed E-state index contributed by atoms with van der Waals surface area (Å²) in [5, 5.41) is 0. The van der Waals surface area contributed by atoms with Gasteiger partial charge in [-0.3, -0.25) is 0 Å². The molecule has 2 aliphatic rings. The highest BCUT2D eigenvalue weighted by Crippen LogP contribution is 2.49. The van der Waals surface area contributed by atoms with Crippen LogP contribution in [0.5, 0.6) is 0 Å². The quantitative estimate of drug-likeness (QED) is 0.304. The van der Waals surface area contributed by atoms with E-state index in [0.717, 1.165) is 17.8 Å². The monoisotopic (exact) mass is 380 g/mol. The van der Waals surface area contributed by atoms with Crippen LogP contribution < -0.4 is 0 Å². The predicted molar refractivity (Wildman–Crippen MR) is 121 cm³/mol. The van der Waals surface area contributed by atoms with Crippen LogP contribution in [-0.2, 0) is 0 Å². The van der Waals surface area contributed by atoms with E-state index in [1.807, 2.05) is 0 Å². The van der Waals surface area contributed by atoms with Gasteiger partial charge in [-0.15, -0.1) is 0 Å². The molecule has 0 aromatic rings. The normalized spacial score (nSPS) is 32.7. The predicted octanol–water partition coefficient (Wildman–Crippen LogP) is 9.03. The summed E-state index contributed by atoms with van der Waals surface area (Å²) in [6, 6.07) is 0. The van der Waals surface area contributed by atoms with Crippen molar-refractivity contribution in [2.75, 3.05) is 5.75 Å². The average Bonchev–Trinajstić information content (AvgIpc) is 2.67. The summed E-state index contributed by atoms with van der Waals surface area (Å²) in [5.74, 6) is 4.56. The van der Waals surface area contributed by atoms with Crippen molar-refractivity contribution in [2.45, 2.75) is 135 Å². The van der Waals surface area contributed by atoms with Crippen LogP contribution in [0, 0.1) is 17.8 Å². The molecule has 154 valence electrons. The van der Waals surface area contributed by atoms with Crippen LogP contribution in [0.25, 0.3) is 0 Å². The molecule has 0 radical (unpaired) electrons. The highest BCUT2D eigenvalue weighted by molar-refractivity contribution is 8.00. The van der Waals surface area contributed by atoms with Gasteiger partial charge in [-0.25, -0.2) is 0 Å². The van der Waals surface area contributed by atoms with Crippen LogP contribution in [0.2, 0.25) is 0 Å². The first kappa shape index (κ1) is 22.6. The zero-order chi connectivity index (χ0) is 18.7. The van der Waals surface area contributed by atoms with Crippen molar-refractivity contribution in [3.05, 3.63) is 0 Å². The first-order valence-electron chi connectivity index (χ1n) is 12.4. The van der Waals surface area contributed by atoms with Crippen molar-refractivity contribution < 1.29 is 0 Å². The van der Waals surface area contributed by atoms with Gasteiger partial charge in [-0.05, 0) is 68.5 Å². The molecule has 0 bridgehead atoms. The molecule has 2 saturated carbocycles. The molecular weight excluding hydrogens is 332 g/mol. The summed E-state index contributed by atoms with van der Waals surface area (Å²) in [7, 11) is 0. The molecule has 0 aromatic heterocycles. The van der Waals surface area contributed by atoms with E-state index in [-0.39, 0.29) is 0 Å². The molecule has 2 aliphatic carbocycles. The Labute approximate surface area is 170 Å². The van der Waals surface area contributed by atoms with Crippen molar-refractivity contribution in [1.29, 1.82) is 0 Å². The van der Waals surface area contributed by atoms with Crippen molar-refractivity contribution in [2.24, 2.45) is 17.8 Å². The summed E-state index contributed by atoms with van der Waals surface area (Å²) >= 11 is 2.32. The standard InChI is InChI=1S/C25H48S/c1-4-7-9-11-19-25(26-6-3)20-17-24(18-21-25)23-15-13-22(14-16-23)12-10-8-5-2/h22-24H,4-21H2,1-3H3. The Morgan fingerprint density at radius 1 is 0.692 bits per heavy atom. The number of hydrogen-bond acceptors (Lipinski definition) is 1. The Kier molecular flexibility index (Phi) is 11.1. The number of thioether (sulfide) groups is 1. The summed E-state index contributed by atoms with van der Waals surface area (Å²) < 4.78 is 0.663. The highest BCUT2D eigenvalue weighted by atomic mass is 32.2. The number of hydrogen-bond donors (Lipinski definition) is 0. The SMILES string of the molecule is CCCCCCC1(SCC)CCC(C2CCC(CCCCC)CC2)CC1. The topological polar surface area (TPSA) is 0 Å². The third kappa shape index (κ3) is 7.40. The molecular formula is C25H48S. The summed E-state index contributed by atoms with van der Waals surface area (Å²) in [4.78, 5) is 0. The van der Waals surface area contributed by atoms with E-state index in [1.165, 1.54) is 76.4 Å². The van der Waals surface area contributed by atoms with Crippen molar-refractivity contribution in [3.63, 3.8) is 0 Å². The van der Waals surface area contributed by atoms with E-state index in [4.69, 9.17) is 0 Å². The van der Waals surface area contributed by atoms with Gasteiger partial charge in [0.05, 0.1) is 0 Å². The Morgan fingerprint density at radius 3 is 1.92 bits per heavy atom. The molecule has 0 heterocycles. The minimum absolute atomic E-state index is 0.663. The highest BCUT2D eigenvalue weighted by Gasteiger charge is 2.38. The van der Waals surface area contributed by atoms with Crippen LogP contribution in [0.1, 0.15) is 130 Å². The van der Waals surface area contributed by atoms with E-state index in [1.54, 1.807) is 38.5 Å². The molecule has 2 fully saturated rings. The summed E-state index contributed by atoms with van der Waals surface area (Å²) in [5.41, 5.74) is 0. The molecule has 0 atom stereocenters. The molecule has 0 N–H and O–H groups in total. The Balaban J connectivity index is 1.71. The third-order valence-corrected chi connectivity index (χ3v) is 9.17. The van der Waals surface area contributed by atoms with Crippen molar-refractivity contribution in [3.8, 4) is 0 Å². The fourth-order valence-corrected chi connectivity index (χ4v) is 7.34. The van der Waals surface area contributed by atoms with Crippen molar-refractivity contribution >= 4 is 11.8 Å². The second-order valence-corrected chi connectivity index (χ2v) is 11.3. The maximum absolute atomic E-state index is 2.38. The summed E-state index contributed by atoms with van der Waals surface area (Å²) in [6.45, 7) is 7.05. The van der Waals surface area contributed by atoms with Gasteiger partial charge in [0, 0.05) is 4.75 Å². The van der Waals surface area contributed by atoms with E-state index in [2.05, 4.69) is 32.5 Å². The molecule has 0 saturated heterocycles. The second kappa shape index (κ2) is 12.7. The van der Waals surface area contributed by atoms with Crippen LogP contribution in [0.15, 0.2) is 0 Å². The Morgan fingerprint density at radius 2 is 1.31 bits per heavy atom. The number of unbranched alkanes of at least 4 members (excludes halogenated alkanes) is 5. The van der Waals surface area contributed by atoms with Gasteiger partial charge in [0.15, 0.2) is 0 Å².